The molecule has 0 radical (unpaired) electrons. The molecule has 5 atom stereocenters. The number of hydrogen-bond acceptors (Lipinski definition) is 7. The van der Waals surface area contributed by atoms with E-state index in [0.717, 1.165) is 35.3 Å². The van der Waals surface area contributed by atoms with E-state index in [9.17, 15) is 32.9 Å². The molecule has 5 N–H and O–H groups in total. The van der Waals surface area contributed by atoms with Crippen molar-refractivity contribution >= 4 is 16.9 Å². The number of nitrogen functional groups attached to an aromatic ring is 1. The van der Waals surface area contributed by atoms with Gasteiger partial charge in [-0.1, -0.05) is 12.1 Å². The fraction of sp³-hybridized carbons (Fsp3) is 0.400. The number of aryl methyl sites for hydroxylation is 1. The van der Waals surface area contributed by atoms with Gasteiger partial charge in [-0.2, -0.15) is 13.2 Å². The standard InChI is InChI=1S/C20H20F4N4O4/c1-8-5-9(3-4-10(8)20(22,23)24)19(2,31)15-13(29)14(30)18(32-15)28-6-11(21)12-16(25)26-7-27-17(12)28/h3-7,13-15,18,29-31H,1-2H3,(H2,25,26,27)/t13-,14+,15-,18+,19?/m0/s1. The van der Waals surface area contributed by atoms with Gasteiger partial charge >= 0.3 is 6.18 Å². The molecule has 172 valence electrons. The fourth-order valence-corrected chi connectivity index (χ4v) is 4.07. The van der Waals surface area contributed by atoms with Crippen molar-refractivity contribution in [3.05, 3.63) is 53.2 Å². The monoisotopic (exact) mass is 456 g/mol. The Hall–Kier alpha value is -2.80. The summed E-state index contributed by atoms with van der Waals surface area (Å²) in [7, 11) is 0. The molecule has 2 aromatic heterocycles. The molecule has 4 rings (SSSR count). The molecule has 12 heteroatoms. The van der Waals surface area contributed by atoms with Crippen LogP contribution in [-0.4, -0.2) is 48.2 Å². The van der Waals surface area contributed by atoms with Gasteiger partial charge in [0.2, 0.25) is 0 Å². The molecule has 0 amide bonds. The van der Waals surface area contributed by atoms with Gasteiger partial charge in [-0.25, -0.2) is 14.4 Å². The van der Waals surface area contributed by atoms with Gasteiger partial charge in [0, 0.05) is 6.20 Å². The summed E-state index contributed by atoms with van der Waals surface area (Å²) in [6.45, 7) is 2.48. The molecule has 3 heterocycles. The highest BCUT2D eigenvalue weighted by Crippen LogP contribution is 2.42. The fourth-order valence-electron chi connectivity index (χ4n) is 4.07. The zero-order valence-electron chi connectivity index (χ0n) is 16.9. The minimum atomic E-state index is -4.57. The maximum Gasteiger partial charge on any atom is 0.416 e. The lowest BCUT2D eigenvalue weighted by molar-refractivity contribution is -0.139. The van der Waals surface area contributed by atoms with Crippen LogP contribution in [0.3, 0.4) is 0 Å². The van der Waals surface area contributed by atoms with E-state index in [-0.39, 0.29) is 28.0 Å². The zero-order chi connectivity index (χ0) is 23.6. The molecule has 8 nitrogen and oxygen atoms in total. The predicted molar refractivity (Wildman–Crippen MR) is 104 cm³/mol. The van der Waals surface area contributed by atoms with Crippen molar-refractivity contribution in [1.82, 2.24) is 14.5 Å². The van der Waals surface area contributed by atoms with Crippen LogP contribution < -0.4 is 5.73 Å². The van der Waals surface area contributed by atoms with Crippen LogP contribution in [0.15, 0.2) is 30.7 Å². The Kier molecular flexibility index (Phi) is 5.16. The van der Waals surface area contributed by atoms with Gasteiger partial charge in [0.1, 0.15) is 36.1 Å². The van der Waals surface area contributed by atoms with E-state index in [1.54, 1.807) is 0 Å². The first kappa shape index (κ1) is 22.4. The Morgan fingerprint density at radius 3 is 2.47 bits per heavy atom. The van der Waals surface area contributed by atoms with Crippen molar-refractivity contribution in [2.45, 2.75) is 50.2 Å². The molecule has 1 aromatic carbocycles. The van der Waals surface area contributed by atoms with Crippen LogP contribution >= 0.6 is 0 Å². The van der Waals surface area contributed by atoms with Gasteiger partial charge < -0.3 is 30.4 Å². The van der Waals surface area contributed by atoms with Gasteiger partial charge in [0.05, 0.1) is 10.9 Å². The first-order valence-electron chi connectivity index (χ1n) is 9.53. The lowest BCUT2D eigenvalue weighted by Gasteiger charge is -2.32. The molecule has 0 bridgehead atoms. The number of aliphatic hydroxyl groups excluding tert-OH is 2. The highest BCUT2D eigenvalue weighted by molar-refractivity contribution is 5.86. The van der Waals surface area contributed by atoms with E-state index in [1.165, 1.54) is 13.8 Å². The highest BCUT2D eigenvalue weighted by atomic mass is 19.4. The van der Waals surface area contributed by atoms with Crippen molar-refractivity contribution < 1.29 is 37.6 Å². The molecule has 0 aliphatic carbocycles. The number of aliphatic hydroxyl groups is 3. The molecule has 3 aromatic rings. The summed E-state index contributed by atoms with van der Waals surface area (Å²) in [5.74, 6) is -0.917. The number of aromatic nitrogens is 3. The minimum Gasteiger partial charge on any atom is -0.387 e. The number of anilines is 1. The summed E-state index contributed by atoms with van der Waals surface area (Å²) in [5, 5.41) is 32.2. The SMILES string of the molecule is Cc1cc(C(C)(O)[C@H]2O[C@@H](n3cc(F)c4c(N)ncnc43)[C@H](O)[C@@H]2O)ccc1C(F)(F)F. The molecular weight excluding hydrogens is 436 g/mol. The third-order valence-electron chi connectivity index (χ3n) is 5.78. The van der Waals surface area contributed by atoms with Gasteiger partial charge in [-0.15, -0.1) is 0 Å². The third kappa shape index (κ3) is 3.39. The molecule has 1 aliphatic rings. The van der Waals surface area contributed by atoms with Crippen LogP contribution in [0.5, 0.6) is 0 Å². The van der Waals surface area contributed by atoms with Crippen LogP contribution in [0.1, 0.15) is 29.8 Å². The average Bonchev–Trinajstić information content (AvgIpc) is 3.19. The lowest BCUT2D eigenvalue weighted by atomic mass is 9.85. The quantitative estimate of drug-likeness (QED) is 0.444. The van der Waals surface area contributed by atoms with E-state index in [0.29, 0.717) is 0 Å². The van der Waals surface area contributed by atoms with Gasteiger partial charge in [-0.3, -0.25) is 0 Å². The second-order valence-electron chi connectivity index (χ2n) is 7.95. The van der Waals surface area contributed by atoms with Gasteiger partial charge in [0.15, 0.2) is 17.7 Å². The summed E-state index contributed by atoms with van der Waals surface area (Å²) in [6.07, 6.45) is -8.61. The van der Waals surface area contributed by atoms with Crippen molar-refractivity contribution in [3.63, 3.8) is 0 Å². The normalized spacial score (nSPS) is 25.9. The number of rotatable bonds is 3. The summed E-state index contributed by atoms with van der Waals surface area (Å²) >= 11 is 0. The van der Waals surface area contributed by atoms with Crippen molar-refractivity contribution in [3.8, 4) is 0 Å². The van der Waals surface area contributed by atoms with Crippen molar-refractivity contribution in [2.24, 2.45) is 0 Å². The molecule has 32 heavy (non-hydrogen) atoms. The van der Waals surface area contributed by atoms with Crippen LogP contribution in [0, 0.1) is 12.7 Å². The summed E-state index contributed by atoms with van der Waals surface area (Å²) in [6, 6.07) is 3.03. The number of benzene rings is 1. The van der Waals surface area contributed by atoms with Crippen molar-refractivity contribution in [2.75, 3.05) is 5.73 Å². The maximum absolute atomic E-state index is 14.4. The summed E-state index contributed by atoms with van der Waals surface area (Å²) in [5.41, 5.74) is 2.72. The number of nitrogens with zero attached hydrogens (tertiary/aromatic N) is 3. The van der Waals surface area contributed by atoms with E-state index in [2.05, 4.69) is 9.97 Å². The molecule has 1 fully saturated rings. The summed E-state index contributed by atoms with van der Waals surface area (Å²) < 4.78 is 60.5. The third-order valence-corrected chi connectivity index (χ3v) is 5.78. The largest absolute Gasteiger partial charge is 0.416 e. The Bertz CT molecular complexity index is 1180. The molecule has 0 spiro atoms. The molecule has 1 unspecified atom stereocenters. The number of alkyl halides is 3. The van der Waals surface area contributed by atoms with Crippen LogP contribution in [-0.2, 0) is 16.5 Å². The van der Waals surface area contributed by atoms with Crippen LogP contribution in [0.25, 0.3) is 11.0 Å². The van der Waals surface area contributed by atoms with E-state index >= 15 is 0 Å². The number of ether oxygens (including phenoxy) is 1. The molecule has 1 aliphatic heterocycles. The predicted octanol–water partition coefficient (Wildman–Crippen LogP) is 2.01. The maximum atomic E-state index is 14.4. The second-order valence-corrected chi connectivity index (χ2v) is 7.95. The average molecular weight is 456 g/mol. The Morgan fingerprint density at radius 2 is 1.84 bits per heavy atom. The number of hydrogen-bond donors (Lipinski definition) is 4. The topological polar surface area (TPSA) is 127 Å². The Labute approximate surface area is 178 Å². The van der Waals surface area contributed by atoms with E-state index < -0.39 is 47.7 Å². The Morgan fingerprint density at radius 1 is 1.16 bits per heavy atom. The number of fused-ring (bicyclic) bond motifs is 1. The van der Waals surface area contributed by atoms with Gasteiger partial charge in [0.25, 0.3) is 0 Å². The lowest BCUT2D eigenvalue weighted by Crippen LogP contribution is -2.45. The molecular formula is C20H20F4N4O4. The van der Waals surface area contributed by atoms with Crippen LogP contribution in [0.2, 0.25) is 0 Å². The first-order chi connectivity index (χ1) is 14.8. The number of halogens is 4. The minimum absolute atomic E-state index is 0.00285. The van der Waals surface area contributed by atoms with Gasteiger partial charge in [-0.05, 0) is 31.0 Å². The first-order valence-corrected chi connectivity index (χ1v) is 9.53. The van der Waals surface area contributed by atoms with E-state index in [4.69, 9.17) is 10.5 Å². The van der Waals surface area contributed by atoms with Crippen LogP contribution in [0.4, 0.5) is 23.4 Å². The number of nitrogens with two attached hydrogens (primary N) is 1. The highest BCUT2D eigenvalue weighted by Gasteiger charge is 2.52. The Balaban J connectivity index is 1.71. The molecule has 0 saturated carbocycles. The van der Waals surface area contributed by atoms with Crippen molar-refractivity contribution in [1.29, 1.82) is 0 Å². The smallest absolute Gasteiger partial charge is 0.387 e. The van der Waals surface area contributed by atoms with E-state index in [1.807, 2.05) is 0 Å². The molecule has 1 saturated heterocycles. The second kappa shape index (κ2) is 7.37. The summed E-state index contributed by atoms with van der Waals surface area (Å²) in [4.78, 5) is 7.66. The zero-order valence-corrected chi connectivity index (χ0v) is 16.9.